The lowest BCUT2D eigenvalue weighted by Gasteiger charge is -2.23. The number of nitrogens with one attached hydrogen (secondary N) is 1. The van der Waals surface area contributed by atoms with E-state index in [1.165, 1.54) is 12.1 Å². The Morgan fingerprint density at radius 2 is 2.05 bits per heavy atom. The van der Waals surface area contributed by atoms with Gasteiger partial charge in [0, 0.05) is 26.3 Å². The fraction of sp³-hybridized carbons (Fsp3) is 0.312. The van der Waals surface area contributed by atoms with Crippen molar-refractivity contribution in [2.24, 2.45) is 0 Å². The Labute approximate surface area is 124 Å². The van der Waals surface area contributed by atoms with Gasteiger partial charge in [0.05, 0.1) is 12.8 Å². The summed E-state index contributed by atoms with van der Waals surface area (Å²) >= 11 is 0. The summed E-state index contributed by atoms with van der Waals surface area (Å²) in [5.41, 5.74) is 2.62. The molecule has 2 aromatic rings. The Balaban J connectivity index is 2.34. The molecular formula is C16H20FN3O. The number of benzene rings is 1. The van der Waals surface area contributed by atoms with Gasteiger partial charge in [-0.1, -0.05) is 12.1 Å². The minimum absolute atomic E-state index is 0.0718. The Kier molecular flexibility index (Phi) is 4.62. The summed E-state index contributed by atoms with van der Waals surface area (Å²) in [6, 6.07) is 8.39. The topological polar surface area (TPSA) is 37.4 Å². The van der Waals surface area contributed by atoms with Crippen LogP contribution in [0.4, 0.5) is 15.8 Å². The van der Waals surface area contributed by atoms with Crippen LogP contribution in [0.3, 0.4) is 0 Å². The normalized spacial score (nSPS) is 11.9. The second-order valence-corrected chi connectivity index (χ2v) is 5.03. The highest BCUT2D eigenvalue weighted by Crippen LogP contribution is 2.34. The van der Waals surface area contributed by atoms with Crippen molar-refractivity contribution in [3.8, 4) is 5.88 Å². The van der Waals surface area contributed by atoms with Crippen molar-refractivity contribution in [2.75, 3.05) is 31.4 Å². The van der Waals surface area contributed by atoms with Crippen molar-refractivity contribution in [3.05, 3.63) is 47.9 Å². The van der Waals surface area contributed by atoms with Gasteiger partial charge < -0.3 is 15.0 Å². The van der Waals surface area contributed by atoms with Gasteiger partial charge >= 0.3 is 0 Å². The summed E-state index contributed by atoms with van der Waals surface area (Å²) in [5.74, 6) is 0.275. The van der Waals surface area contributed by atoms with E-state index in [-0.39, 0.29) is 11.9 Å². The average Bonchev–Trinajstić information content (AvgIpc) is 2.47. The smallest absolute Gasteiger partial charge is 0.239 e. The number of ether oxygens (including phenoxy) is 1. The van der Waals surface area contributed by atoms with E-state index in [2.05, 4.69) is 10.3 Å². The molecule has 0 radical (unpaired) electrons. The van der Waals surface area contributed by atoms with E-state index >= 15 is 0 Å². The number of hydrogen-bond acceptors (Lipinski definition) is 4. The standard InChI is InChI=1S/C16H20FN3O/c1-11(12-6-5-7-13(17)10-12)19-15-14(20(2)3)8-9-18-16(15)21-4/h5-11,19H,1-4H3. The largest absolute Gasteiger partial charge is 0.479 e. The lowest BCUT2D eigenvalue weighted by atomic mass is 10.1. The first-order valence-electron chi connectivity index (χ1n) is 6.75. The maximum Gasteiger partial charge on any atom is 0.239 e. The molecule has 0 aliphatic carbocycles. The van der Waals surface area contributed by atoms with Crippen molar-refractivity contribution in [3.63, 3.8) is 0 Å². The highest BCUT2D eigenvalue weighted by molar-refractivity contribution is 5.74. The van der Waals surface area contributed by atoms with Crippen molar-refractivity contribution in [1.82, 2.24) is 4.98 Å². The molecule has 0 spiro atoms. The van der Waals surface area contributed by atoms with Crippen LogP contribution in [0.2, 0.25) is 0 Å². The molecule has 0 aliphatic heterocycles. The molecule has 1 aromatic heterocycles. The van der Waals surface area contributed by atoms with E-state index in [0.717, 1.165) is 16.9 Å². The van der Waals surface area contributed by atoms with E-state index in [9.17, 15) is 4.39 Å². The Hall–Kier alpha value is -2.30. The van der Waals surface area contributed by atoms with Gasteiger partial charge in [-0.15, -0.1) is 0 Å². The molecule has 21 heavy (non-hydrogen) atoms. The number of anilines is 2. The number of halogens is 1. The molecule has 1 N–H and O–H groups in total. The maximum absolute atomic E-state index is 13.3. The van der Waals surface area contributed by atoms with Gasteiger partial charge in [0.1, 0.15) is 11.5 Å². The molecular weight excluding hydrogens is 269 g/mol. The molecule has 1 unspecified atom stereocenters. The zero-order valence-electron chi connectivity index (χ0n) is 12.7. The molecule has 0 saturated heterocycles. The van der Waals surface area contributed by atoms with E-state index in [1.807, 2.05) is 38.1 Å². The molecule has 5 heteroatoms. The van der Waals surface area contributed by atoms with Crippen LogP contribution in [-0.4, -0.2) is 26.2 Å². The van der Waals surface area contributed by atoms with Crippen LogP contribution in [0.1, 0.15) is 18.5 Å². The predicted molar refractivity (Wildman–Crippen MR) is 83.6 cm³/mol. The molecule has 0 bridgehead atoms. The summed E-state index contributed by atoms with van der Waals surface area (Å²) in [4.78, 5) is 6.20. The van der Waals surface area contributed by atoms with Crippen LogP contribution >= 0.6 is 0 Å². The number of aromatic nitrogens is 1. The number of hydrogen-bond donors (Lipinski definition) is 1. The number of methoxy groups -OCH3 is 1. The summed E-state index contributed by atoms with van der Waals surface area (Å²) in [7, 11) is 5.49. The zero-order valence-corrected chi connectivity index (χ0v) is 12.7. The molecule has 0 saturated carbocycles. The van der Waals surface area contributed by atoms with Gasteiger partial charge in [0.25, 0.3) is 0 Å². The first-order valence-corrected chi connectivity index (χ1v) is 6.75. The zero-order chi connectivity index (χ0) is 15.4. The van der Waals surface area contributed by atoms with Crippen LogP contribution < -0.4 is 15.0 Å². The van der Waals surface area contributed by atoms with E-state index in [4.69, 9.17) is 4.74 Å². The molecule has 0 fully saturated rings. The second kappa shape index (κ2) is 6.43. The van der Waals surface area contributed by atoms with Crippen LogP contribution in [-0.2, 0) is 0 Å². The van der Waals surface area contributed by atoms with Crippen LogP contribution in [0.5, 0.6) is 5.88 Å². The van der Waals surface area contributed by atoms with Crippen molar-refractivity contribution < 1.29 is 9.13 Å². The summed E-state index contributed by atoms with van der Waals surface area (Å²) < 4.78 is 18.7. The van der Waals surface area contributed by atoms with Crippen molar-refractivity contribution in [1.29, 1.82) is 0 Å². The van der Waals surface area contributed by atoms with E-state index in [0.29, 0.717) is 5.88 Å². The first-order chi connectivity index (χ1) is 10.0. The number of pyridine rings is 1. The SMILES string of the molecule is COc1nccc(N(C)C)c1NC(C)c1cccc(F)c1. The third-order valence-electron chi connectivity index (χ3n) is 3.28. The monoisotopic (exact) mass is 289 g/mol. The minimum Gasteiger partial charge on any atom is -0.479 e. The van der Waals surface area contributed by atoms with Crippen LogP contribution in [0.15, 0.2) is 36.5 Å². The molecule has 4 nitrogen and oxygen atoms in total. The Morgan fingerprint density at radius 3 is 2.67 bits per heavy atom. The molecule has 2 rings (SSSR count). The molecule has 112 valence electrons. The number of nitrogens with zero attached hydrogens (tertiary/aromatic N) is 2. The maximum atomic E-state index is 13.3. The second-order valence-electron chi connectivity index (χ2n) is 5.03. The predicted octanol–water partition coefficient (Wildman–Crippen LogP) is 3.47. The van der Waals surface area contributed by atoms with Gasteiger partial charge in [0.2, 0.25) is 5.88 Å². The molecule has 0 amide bonds. The van der Waals surface area contributed by atoms with Gasteiger partial charge in [-0.25, -0.2) is 9.37 Å². The first kappa shape index (κ1) is 15.1. The molecule has 1 aromatic carbocycles. The van der Waals surface area contributed by atoms with Gasteiger partial charge in [0.15, 0.2) is 0 Å². The highest BCUT2D eigenvalue weighted by atomic mass is 19.1. The quantitative estimate of drug-likeness (QED) is 0.914. The summed E-state index contributed by atoms with van der Waals surface area (Å²) in [5, 5.41) is 3.36. The van der Waals surface area contributed by atoms with Crippen LogP contribution in [0.25, 0.3) is 0 Å². The Bertz CT molecular complexity index is 616. The number of rotatable bonds is 5. The van der Waals surface area contributed by atoms with Gasteiger partial charge in [-0.2, -0.15) is 0 Å². The third kappa shape index (κ3) is 3.42. The molecule has 1 heterocycles. The lowest BCUT2D eigenvalue weighted by Crippen LogP contribution is -2.15. The fourth-order valence-corrected chi connectivity index (χ4v) is 2.17. The summed E-state index contributed by atoms with van der Waals surface area (Å²) in [6.07, 6.45) is 1.70. The van der Waals surface area contributed by atoms with Gasteiger partial charge in [-0.05, 0) is 30.7 Å². The van der Waals surface area contributed by atoms with Crippen LogP contribution in [0, 0.1) is 5.82 Å². The minimum atomic E-state index is -0.243. The Morgan fingerprint density at radius 1 is 1.29 bits per heavy atom. The average molecular weight is 289 g/mol. The highest BCUT2D eigenvalue weighted by Gasteiger charge is 2.15. The fourth-order valence-electron chi connectivity index (χ4n) is 2.17. The molecule has 1 atom stereocenters. The van der Waals surface area contributed by atoms with Crippen molar-refractivity contribution in [2.45, 2.75) is 13.0 Å². The van der Waals surface area contributed by atoms with Crippen molar-refractivity contribution >= 4 is 11.4 Å². The lowest BCUT2D eigenvalue weighted by molar-refractivity contribution is 0.399. The van der Waals surface area contributed by atoms with E-state index in [1.54, 1.807) is 19.4 Å². The third-order valence-corrected chi connectivity index (χ3v) is 3.28. The van der Waals surface area contributed by atoms with Gasteiger partial charge in [-0.3, -0.25) is 0 Å². The van der Waals surface area contributed by atoms with E-state index < -0.39 is 0 Å². The molecule has 0 aliphatic rings. The summed E-state index contributed by atoms with van der Waals surface area (Å²) in [6.45, 7) is 1.97.